The number of fused-ring (bicyclic) bond motifs is 2. The number of nitrogens with zero attached hydrogens (tertiary/aromatic N) is 3. The number of aromatic nitrogens is 3. The molecule has 9 heteroatoms. The Labute approximate surface area is 152 Å². The zero-order valence-corrected chi connectivity index (χ0v) is 14.8. The fraction of sp³-hybridized carbons (Fsp3) is 0.412. The molecule has 5 rings (SSSR count). The van der Waals surface area contributed by atoms with Crippen molar-refractivity contribution in [2.24, 2.45) is 0 Å². The smallest absolute Gasteiger partial charge is 0.167 e. The summed E-state index contributed by atoms with van der Waals surface area (Å²) in [6, 6.07) is 2.06. The Morgan fingerprint density at radius 2 is 2.27 bits per heavy atom. The van der Waals surface area contributed by atoms with Gasteiger partial charge in [0, 0.05) is 16.6 Å². The molecule has 3 aromatic heterocycles. The summed E-state index contributed by atoms with van der Waals surface area (Å²) in [7, 11) is 0. The molecule has 8 nitrogen and oxygen atoms in total. The number of hydrogen-bond donors (Lipinski definition) is 4. The molecule has 4 N–H and O–H groups in total. The molecule has 0 radical (unpaired) electrons. The molecule has 0 saturated carbocycles. The first-order valence-corrected chi connectivity index (χ1v) is 9.23. The summed E-state index contributed by atoms with van der Waals surface area (Å²) in [5.74, 6) is 0.726. The Morgan fingerprint density at radius 3 is 3.04 bits per heavy atom. The van der Waals surface area contributed by atoms with Crippen molar-refractivity contribution in [3.05, 3.63) is 28.8 Å². The maximum atomic E-state index is 10.9. The average Bonchev–Trinajstić information content (AvgIpc) is 3.27. The average molecular weight is 374 g/mol. The summed E-state index contributed by atoms with van der Waals surface area (Å²) in [4.78, 5) is 9.96. The minimum absolute atomic E-state index is 0.379. The lowest BCUT2D eigenvalue weighted by atomic mass is 9.96. The van der Waals surface area contributed by atoms with Crippen LogP contribution in [0.1, 0.15) is 18.0 Å². The van der Waals surface area contributed by atoms with E-state index in [-0.39, 0.29) is 6.61 Å². The van der Waals surface area contributed by atoms with Crippen molar-refractivity contribution in [1.82, 2.24) is 14.5 Å². The Kier molecular flexibility index (Phi) is 3.40. The standard InChI is InChI=1S/C17H18N4O4S/c1-17(24)13(23)10(6-22)25-16(17)21-5-9-8-2-3-26-11(8)4-18-14-12(9)15(21)20-7-19-14/h2-3,5,7,10,13,16,22-24H,4,6H2,1H3,(H,18,19,20)/t10?,13-,16?,17?/m1/s1. The summed E-state index contributed by atoms with van der Waals surface area (Å²) >= 11 is 1.67. The molecule has 2 aliphatic heterocycles. The minimum atomic E-state index is -1.57. The largest absolute Gasteiger partial charge is 0.394 e. The molecule has 3 unspecified atom stereocenters. The van der Waals surface area contributed by atoms with Gasteiger partial charge in [0.05, 0.1) is 18.5 Å². The van der Waals surface area contributed by atoms with E-state index in [9.17, 15) is 15.3 Å². The fourth-order valence-corrected chi connectivity index (χ4v) is 4.70. The van der Waals surface area contributed by atoms with Crippen molar-refractivity contribution in [3.63, 3.8) is 0 Å². The summed E-state index contributed by atoms with van der Waals surface area (Å²) in [5.41, 5.74) is 1.08. The first-order valence-electron chi connectivity index (χ1n) is 8.35. The van der Waals surface area contributed by atoms with Gasteiger partial charge in [0.1, 0.15) is 35.6 Å². The summed E-state index contributed by atoms with van der Waals surface area (Å²) in [6.45, 7) is 1.82. The Bertz CT molecular complexity index is 998. The van der Waals surface area contributed by atoms with Gasteiger partial charge in [-0.05, 0) is 23.9 Å². The second-order valence-electron chi connectivity index (χ2n) is 6.86. The highest BCUT2D eigenvalue weighted by Crippen LogP contribution is 2.45. The normalized spacial score (nSPS) is 30.2. The third-order valence-electron chi connectivity index (χ3n) is 5.25. The number of rotatable bonds is 2. The van der Waals surface area contributed by atoms with Crippen LogP contribution in [0.4, 0.5) is 5.82 Å². The highest BCUT2D eigenvalue weighted by Gasteiger charge is 2.53. The van der Waals surface area contributed by atoms with Crippen LogP contribution in [-0.2, 0) is 11.3 Å². The summed E-state index contributed by atoms with van der Waals surface area (Å²) in [6.07, 6.45) is 0.402. The fourth-order valence-electron chi connectivity index (χ4n) is 3.87. The lowest BCUT2D eigenvalue weighted by Crippen LogP contribution is -2.44. The molecular formula is C17H18N4O4S. The molecule has 5 heterocycles. The molecule has 0 aromatic carbocycles. The molecule has 0 aliphatic carbocycles. The van der Waals surface area contributed by atoms with E-state index in [1.165, 1.54) is 18.1 Å². The zero-order chi connectivity index (χ0) is 18.1. The van der Waals surface area contributed by atoms with Gasteiger partial charge in [-0.2, -0.15) is 0 Å². The molecule has 1 fully saturated rings. The predicted molar refractivity (Wildman–Crippen MR) is 95.8 cm³/mol. The van der Waals surface area contributed by atoms with E-state index in [4.69, 9.17) is 4.74 Å². The lowest BCUT2D eigenvalue weighted by molar-refractivity contribution is -0.0948. The van der Waals surface area contributed by atoms with Gasteiger partial charge < -0.3 is 29.9 Å². The third kappa shape index (κ3) is 2.03. The molecule has 2 aliphatic rings. The maximum Gasteiger partial charge on any atom is 0.167 e. The van der Waals surface area contributed by atoms with Crippen LogP contribution in [0.2, 0.25) is 0 Å². The third-order valence-corrected chi connectivity index (χ3v) is 6.17. The molecular weight excluding hydrogens is 356 g/mol. The highest BCUT2D eigenvalue weighted by atomic mass is 32.1. The van der Waals surface area contributed by atoms with Crippen molar-refractivity contribution in [2.75, 3.05) is 11.9 Å². The number of anilines is 1. The van der Waals surface area contributed by atoms with Crippen molar-refractivity contribution >= 4 is 28.2 Å². The summed E-state index contributed by atoms with van der Waals surface area (Å²) < 4.78 is 7.51. The van der Waals surface area contributed by atoms with Crippen molar-refractivity contribution < 1.29 is 20.1 Å². The minimum Gasteiger partial charge on any atom is -0.394 e. The number of hydrogen-bond acceptors (Lipinski definition) is 8. The molecule has 3 aromatic rings. The van der Waals surface area contributed by atoms with E-state index in [2.05, 4.69) is 21.4 Å². The van der Waals surface area contributed by atoms with E-state index in [0.717, 1.165) is 22.3 Å². The molecule has 26 heavy (non-hydrogen) atoms. The van der Waals surface area contributed by atoms with Crippen LogP contribution in [0.25, 0.3) is 22.2 Å². The van der Waals surface area contributed by atoms with E-state index in [1.807, 2.05) is 11.6 Å². The molecule has 0 spiro atoms. The van der Waals surface area contributed by atoms with Gasteiger partial charge in [0.2, 0.25) is 0 Å². The van der Waals surface area contributed by atoms with E-state index in [0.29, 0.717) is 12.2 Å². The zero-order valence-electron chi connectivity index (χ0n) is 14.0. The second kappa shape index (κ2) is 5.48. The first kappa shape index (κ1) is 16.2. The van der Waals surface area contributed by atoms with Gasteiger partial charge in [-0.15, -0.1) is 11.3 Å². The molecule has 136 valence electrons. The van der Waals surface area contributed by atoms with Crippen molar-refractivity contribution in [2.45, 2.75) is 37.5 Å². The Balaban J connectivity index is 1.75. The van der Waals surface area contributed by atoms with Gasteiger partial charge in [-0.25, -0.2) is 9.97 Å². The number of ether oxygens (including phenoxy) is 1. The molecule has 4 atom stereocenters. The van der Waals surface area contributed by atoms with Crippen molar-refractivity contribution in [3.8, 4) is 11.1 Å². The summed E-state index contributed by atoms with van der Waals surface area (Å²) in [5, 5.41) is 36.9. The number of aliphatic hydroxyl groups excluding tert-OH is 2. The van der Waals surface area contributed by atoms with Crippen LogP contribution >= 0.6 is 11.3 Å². The van der Waals surface area contributed by atoms with Crippen molar-refractivity contribution in [1.29, 1.82) is 0 Å². The highest BCUT2D eigenvalue weighted by molar-refractivity contribution is 7.10. The van der Waals surface area contributed by atoms with Crippen LogP contribution in [0, 0.1) is 0 Å². The monoisotopic (exact) mass is 374 g/mol. The molecule has 0 bridgehead atoms. The number of nitrogens with one attached hydrogen (secondary N) is 1. The Morgan fingerprint density at radius 1 is 1.42 bits per heavy atom. The van der Waals surface area contributed by atoms with Crippen LogP contribution in [0.5, 0.6) is 0 Å². The van der Waals surface area contributed by atoms with Crippen LogP contribution in [0.3, 0.4) is 0 Å². The van der Waals surface area contributed by atoms with Crippen LogP contribution in [0.15, 0.2) is 24.0 Å². The van der Waals surface area contributed by atoms with E-state index < -0.39 is 24.0 Å². The van der Waals surface area contributed by atoms with Gasteiger partial charge in [-0.3, -0.25) is 0 Å². The second-order valence-corrected chi connectivity index (χ2v) is 7.86. The molecule has 0 amide bonds. The predicted octanol–water partition coefficient (Wildman–Crippen LogP) is 1.09. The van der Waals surface area contributed by atoms with Crippen LogP contribution < -0.4 is 5.32 Å². The topological polar surface area (TPSA) is 113 Å². The van der Waals surface area contributed by atoms with Gasteiger partial charge in [0.25, 0.3) is 0 Å². The number of thiophene rings is 1. The Hall–Kier alpha value is -2.04. The van der Waals surface area contributed by atoms with Gasteiger partial charge in [-0.1, -0.05) is 0 Å². The van der Waals surface area contributed by atoms with Crippen LogP contribution in [-0.4, -0.2) is 54.3 Å². The maximum absolute atomic E-state index is 10.9. The molecule has 1 saturated heterocycles. The van der Waals surface area contributed by atoms with Gasteiger partial charge >= 0.3 is 0 Å². The lowest BCUT2D eigenvalue weighted by Gasteiger charge is -2.27. The first-order chi connectivity index (χ1) is 12.5. The van der Waals surface area contributed by atoms with Gasteiger partial charge in [0.15, 0.2) is 6.23 Å². The number of aliphatic hydroxyl groups is 3. The SMILES string of the molecule is CC1(O)C(n2cc3c4c(ncnc42)NCc2sccc2-3)OC(CO)[C@H]1O. The van der Waals surface area contributed by atoms with E-state index >= 15 is 0 Å². The quantitative estimate of drug-likeness (QED) is 0.531. The van der Waals surface area contributed by atoms with E-state index in [1.54, 1.807) is 15.9 Å².